The first kappa shape index (κ1) is 20.2. The number of aldehydes is 1. The molecular weight excluding hydrogens is 350 g/mol. The summed E-state index contributed by atoms with van der Waals surface area (Å²) in [5.41, 5.74) is 1.31. The van der Waals surface area contributed by atoms with Crippen molar-refractivity contribution in [3.05, 3.63) is 29.3 Å². The number of aliphatic carboxylic acids is 1. The molecule has 1 atom stereocenters. The maximum absolute atomic E-state index is 12.7. The standard InChI is InChI=1S/C19H27NO5Si/c1-19(2,3)26(4,5)25-16-8-6-7-14-15(16)11-20(18(14)24)13(12-21)9-10-17(22)23/h6-8,12-13H,9-11H2,1-5H3,(H,22,23). The molecule has 0 aliphatic carbocycles. The molecule has 1 N–H and O–H groups in total. The second-order valence-electron chi connectivity index (χ2n) is 8.21. The van der Waals surface area contributed by atoms with Gasteiger partial charge >= 0.3 is 5.97 Å². The number of nitrogens with zero attached hydrogens (tertiary/aromatic N) is 1. The molecule has 0 radical (unpaired) electrons. The fraction of sp³-hybridized carbons (Fsp3) is 0.526. The van der Waals surface area contributed by atoms with Gasteiger partial charge in [-0.15, -0.1) is 0 Å². The highest BCUT2D eigenvalue weighted by Crippen LogP contribution is 2.40. The van der Waals surface area contributed by atoms with Crippen LogP contribution in [0.3, 0.4) is 0 Å². The fourth-order valence-electron chi connectivity index (χ4n) is 2.69. The van der Waals surface area contributed by atoms with Gasteiger partial charge in [-0.2, -0.15) is 0 Å². The SMILES string of the molecule is CC(C)(C)[Si](C)(C)Oc1cccc2c1CN(C(C=O)CCC(=O)O)C2=O. The summed E-state index contributed by atoms with van der Waals surface area (Å²) in [6.45, 7) is 11.0. The van der Waals surface area contributed by atoms with E-state index in [4.69, 9.17) is 9.53 Å². The molecule has 1 unspecified atom stereocenters. The van der Waals surface area contributed by atoms with Gasteiger partial charge in [0.1, 0.15) is 12.0 Å². The average molecular weight is 378 g/mol. The zero-order chi connectivity index (χ0) is 19.7. The number of carbonyl (C=O) groups is 3. The largest absolute Gasteiger partial charge is 0.543 e. The summed E-state index contributed by atoms with van der Waals surface area (Å²) in [7, 11) is -2.08. The van der Waals surface area contributed by atoms with Crippen LogP contribution < -0.4 is 4.43 Å². The zero-order valence-electron chi connectivity index (χ0n) is 16.0. The van der Waals surface area contributed by atoms with E-state index in [-0.39, 0.29) is 30.3 Å². The van der Waals surface area contributed by atoms with E-state index < -0.39 is 20.3 Å². The van der Waals surface area contributed by atoms with E-state index in [0.717, 1.165) is 5.56 Å². The first-order chi connectivity index (χ1) is 12.0. The lowest BCUT2D eigenvalue weighted by Gasteiger charge is -2.37. The number of amides is 1. The second kappa shape index (κ2) is 7.23. The number of hydrogen-bond acceptors (Lipinski definition) is 4. The highest BCUT2D eigenvalue weighted by Gasteiger charge is 2.41. The van der Waals surface area contributed by atoms with E-state index in [1.165, 1.54) is 4.90 Å². The normalized spacial score (nSPS) is 15.6. The molecule has 0 bridgehead atoms. The van der Waals surface area contributed by atoms with Gasteiger partial charge in [-0.05, 0) is 36.7 Å². The Balaban J connectivity index is 2.29. The van der Waals surface area contributed by atoms with Crippen molar-refractivity contribution in [2.75, 3.05) is 0 Å². The molecule has 2 rings (SSSR count). The maximum atomic E-state index is 12.7. The highest BCUT2D eigenvalue weighted by molar-refractivity contribution is 6.74. The lowest BCUT2D eigenvalue weighted by Crippen LogP contribution is -2.44. The fourth-order valence-corrected chi connectivity index (χ4v) is 3.73. The lowest BCUT2D eigenvalue weighted by molar-refractivity contribution is -0.137. The number of rotatable bonds is 7. The molecule has 1 heterocycles. The summed E-state index contributed by atoms with van der Waals surface area (Å²) in [5.74, 6) is -0.543. The van der Waals surface area contributed by atoms with Gasteiger partial charge in [-0.3, -0.25) is 9.59 Å². The second-order valence-corrected chi connectivity index (χ2v) is 12.9. The summed E-state index contributed by atoms with van der Waals surface area (Å²) < 4.78 is 6.39. The van der Waals surface area contributed by atoms with E-state index in [9.17, 15) is 14.4 Å². The van der Waals surface area contributed by atoms with E-state index in [0.29, 0.717) is 17.6 Å². The predicted molar refractivity (Wildman–Crippen MR) is 101 cm³/mol. The molecule has 0 saturated carbocycles. The Morgan fingerprint density at radius 3 is 2.58 bits per heavy atom. The number of carbonyl (C=O) groups excluding carboxylic acids is 2. The smallest absolute Gasteiger partial charge is 0.303 e. The molecule has 1 aliphatic heterocycles. The molecule has 0 saturated heterocycles. The van der Waals surface area contributed by atoms with Crippen LogP contribution in [-0.4, -0.2) is 42.5 Å². The van der Waals surface area contributed by atoms with E-state index in [2.05, 4.69) is 33.9 Å². The van der Waals surface area contributed by atoms with Crippen LogP contribution in [0.15, 0.2) is 18.2 Å². The van der Waals surface area contributed by atoms with Crippen LogP contribution in [0, 0.1) is 0 Å². The quantitative estimate of drug-likeness (QED) is 0.581. The van der Waals surface area contributed by atoms with E-state index >= 15 is 0 Å². The van der Waals surface area contributed by atoms with Gasteiger partial charge in [-0.25, -0.2) is 0 Å². The minimum atomic E-state index is -2.08. The molecule has 0 fully saturated rings. The van der Waals surface area contributed by atoms with Crippen molar-refractivity contribution >= 4 is 26.5 Å². The maximum Gasteiger partial charge on any atom is 0.303 e. The van der Waals surface area contributed by atoms with Crippen molar-refractivity contribution < 1.29 is 23.9 Å². The minimum absolute atomic E-state index is 0.0187. The third kappa shape index (κ3) is 3.98. The summed E-state index contributed by atoms with van der Waals surface area (Å²) in [5, 5.41) is 8.87. The van der Waals surface area contributed by atoms with Crippen LogP contribution in [-0.2, 0) is 16.1 Å². The summed E-state index contributed by atoms with van der Waals surface area (Å²) >= 11 is 0. The predicted octanol–water partition coefficient (Wildman–Crippen LogP) is 3.46. The summed E-state index contributed by atoms with van der Waals surface area (Å²) in [6, 6.07) is 4.64. The molecule has 1 aromatic carbocycles. The Hall–Kier alpha value is -2.15. The first-order valence-electron chi connectivity index (χ1n) is 8.77. The third-order valence-electron chi connectivity index (χ3n) is 5.34. The first-order valence-corrected chi connectivity index (χ1v) is 11.7. The van der Waals surface area contributed by atoms with Gasteiger partial charge < -0.3 is 19.2 Å². The Morgan fingerprint density at radius 1 is 1.38 bits per heavy atom. The van der Waals surface area contributed by atoms with Gasteiger partial charge in [-0.1, -0.05) is 26.8 Å². The Kier molecular flexibility index (Phi) is 5.60. The monoisotopic (exact) mass is 377 g/mol. The van der Waals surface area contributed by atoms with Crippen LogP contribution in [0.5, 0.6) is 5.75 Å². The lowest BCUT2D eigenvalue weighted by atomic mass is 10.1. The van der Waals surface area contributed by atoms with Gasteiger partial charge in [0.05, 0.1) is 12.6 Å². The van der Waals surface area contributed by atoms with Crippen molar-refractivity contribution in [1.82, 2.24) is 4.90 Å². The Bertz CT molecular complexity index is 723. The molecule has 1 aromatic rings. The van der Waals surface area contributed by atoms with Crippen molar-refractivity contribution in [3.8, 4) is 5.75 Å². The van der Waals surface area contributed by atoms with Gasteiger partial charge in [0.25, 0.3) is 5.91 Å². The molecule has 6 nitrogen and oxygen atoms in total. The van der Waals surface area contributed by atoms with Crippen LogP contribution >= 0.6 is 0 Å². The number of carboxylic acids is 1. The topological polar surface area (TPSA) is 83.9 Å². The van der Waals surface area contributed by atoms with Crippen molar-refractivity contribution in [2.45, 2.75) is 64.3 Å². The molecule has 1 aliphatic rings. The average Bonchev–Trinajstić information content (AvgIpc) is 2.85. The van der Waals surface area contributed by atoms with Crippen LogP contribution in [0.1, 0.15) is 49.5 Å². The van der Waals surface area contributed by atoms with Crippen molar-refractivity contribution in [1.29, 1.82) is 0 Å². The molecule has 7 heteroatoms. The molecular formula is C19H27NO5Si. The van der Waals surface area contributed by atoms with Crippen molar-refractivity contribution in [3.63, 3.8) is 0 Å². The number of carboxylic acid groups (broad SMARTS) is 1. The van der Waals surface area contributed by atoms with E-state index in [1.54, 1.807) is 12.1 Å². The Labute approximate surface area is 155 Å². The highest BCUT2D eigenvalue weighted by atomic mass is 28.4. The molecule has 0 spiro atoms. The van der Waals surface area contributed by atoms with Gasteiger partial charge in [0.2, 0.25) is 8.32 Å². The molecule has 26 heavy (non-hydrogen) atoms. The number of hydrogen-bond donors (Lipinski definition) is 1. The number of fused-ring (bicyclic) bond motifs is 1. The molecule has 142 valence electrons. The van der Waals surface area contributed by atoms with Crippen molar-refractivity contribution in [2.24, 2.45) is 0 Å². The molecule has 0 aromatic heterocycles. The van der Waals surface area contributed by atoms with Crippen LogP contribution in [0.4, 0.5) is 0 Å². The third-order valence-corrected chi connectivity index (χ3v) is 9.68. The van der Waals surface area contributed by atoms with Gasteiger partial charge in [0, 0.05) is 17.5 Å². The molecule has 1 amide bonds. The summed E-state index contributed by atoms with van der Waals surface area (Å²) in [6.07, 6.45) is 0.606. The minimum Gasteiger partial charge on any atom is -0.543 e. The summed E-state index contributed by atoms with van der Waals surface area (Å²) in [4.78, 5) is 36.4. The Morgan fingerprint density at radius 2 is 2.04 bits per heavy atom. The van der Waals surface area contributed by atoms with Crippen LogP contribution in [0.2, 0.25) is 18.1 Å². The zero-order valence-corrected chi connectivity index (χ0v) is 17.0. The van der Waals surface area contributed by atoms with Crippen LogP contribution in [0.25, 0.3) is 0 Å². The van der Waals surface area contributed by atoms with Gasteiger partial charge in [0.15, 0.2) is 0 Å². The number of benzene rings is 1. The van der Waals surface area contributed by atoms with E-state index in [1.807, 2.05) is 6.07 Å².